The van der Waals surface area contributed by atoms with Crippen LogP contribution in [-0.2, 0) is 19.1 Å². The highest BCUT2D eigenvalue weighted by Crippen LogP contribution is 2.37. The van der Waals surface area contributed by atoms with Crippen LogP contribution in [-0.4, -0.2) is 80.7 Å². The van der Waals surface area contributed by atoms with E-state index in [0.717, 1.165) is 6.08 Å². The van der Waals surface area contributed by atoms with Gasteiger partial charge in [0.15, 0.2) is 5.78 Å². The molecule has 1 heterocycles. The minimum Gasteiger partial charge on any atom is -0.430 e. The van der Waals surface area contributed by atoms with Crippen molar-refractivity contribution in [3.63, 3.8) is 0 Å². The molecule has 6 atom stereocenters. The molecular weight excluding hydrogens is 396 g/mol. The first kappa shape index (κ1) is 24.4. The number of ketones is 1. The van der Waals surface area contributed by atoms with Gasteiger partial charge in [-0.1, -0.05) is 26.0 Å². The largest absolute Gasteiger partial charge is 0.430 e. The number of aliphatic hydroxyl groups is 5. The van der Waals surface area contributed by atoms with Crippen LogP contribution in [0.15, 0.2) is 34.9 Å². The van der Waals surface area contributed by atoms with E-state index in [1.807, 2.05) is 13.8 Å². The lowest BCUT2D eigenvalue weighted by molar-refractivity contribution is -0.291. The fourth-order valence-corrected chi connectivity index (χ4v) is 3.55. The summed E-state index contributed by atoms with van der Waals surface area (Å²) in [5.41, 5.74) is 0.830. The number of esters is 1. The second kappa shape index (κ2) is 9.51. The van der Waals surface area contributed by atoms with Crippen molar-refractivity contribution in [2.75, 3.05) is 6.61 Å². The first-order chi connectivity index (χ1) is 13.9. The molecule has 0 aromatic heterocycles. The van der Waals surface area contributed by atoms with Crippen LogP contribution in [0.5, 0.6) is 0 Å². The lowest BCUT2D eigenvalue weighted by Gasteiger charge is -2.38. The second-order valence-corrected chi connectivity index (χ2v) is 8.44. The fraction of sp³-hybridized carbons (Fsp3) is 0.619. The van der Waals surface area contributed by atoms with Crippen LogP contribution in [0.1, 0.15) is 34.1 Å². The lowest BCUT2D eigenvalue weighted by atomic mass is 9.71. The molecule has 1 aliphatic heterocycles. The van der Waals surface area contributed by atoms with E-state index in [1.165, 1.54) is 12.2 Å². The Balaban J connectivity index is 2.08. The molecular formula is C21H30O9. The zero-order chi connectivity index (χ0) is 22.8. The summed E-state index contributed by atoms with van der Waals surface area (Å²) in [6.07, 6.45) is -4.04. The summed E-state index contributed by atoms with van der Waals surface area (Å²) < 4.78 is 10.1. The van der Waals surface area contributed by atoms with Gasteiger partial charge in [-0.2, -0.15) is 0 Å². The van der Waals surface area contributed by atoms with Crippen molar-refractivity contribution in [1.82, 2.24) is 0 Å². The van der Waals surface area contributed by atoms with Crippen LogP contribution in [0.25, 0.3) is 0 Å². The molecule has 168 valence electrons. The van der Waals surface area contributed by atoms with E-state index in [2.05, 4.69) is 0 Å². The molecule has 0 radical (unpaired) electrons. The van der Waals surface area contributed by atoms with Gasteiger partial charge >= 0.3 is 5.97 Å². The fourth-order valence-electron chi connectivity index (χ4n) is 3.55. The average molecular weight is 426 g/mol. The monoisotopic (exact) mass is 426 g/mol. The average Bonchev–Trinajstić information content (AvgIpc) is 2.66. The number of rotatable bonds is 5. The Hall–Kier alpha value is -1.88. The zero-order valence-electron chi connectivity index (χ0n) is 17.5. The first-order valence-corrected chi connectivity index (χ1v) is 9.68. The minimum atomic E-state index is -1.69. The van der Waals surface area contributed by atoms with E-state index < -0.39 is 54.8 Å². The summed E-state index contributed by atoms with van der Waals surface area (Å²) in [4.78, 5) is 24.5. The Morgan fingerprint density at radius 1 is 1.20 bits per heavy atom. The SMILES string of the molecule is CC1=C(/C=C/C(C)=C\C(=O)O[C@@H]2O[C@H](CO)[C@@H](O)[C@H](O)[C@H]2O)C(=O)CC(C)(C)[C@@H]1O. The molecule has 1 saturated heterocycles. The van der Waals surface area contributed by atoms with Crippen LogP contribution >= 0.6 is 0 Å². The summed E-state index contributed by atoms with van der Waals surface area (Å²) in [7, 11) is 0. The van der Waals surface area contributed by atoms with Gasteiger partial charge in [-0.25, -0.2) is 4.79 Å². The maximum absolute atomic E-state index is 12.4. The quantitative estimate of drug-likeness (QED) is 0.222. The van der Waals surface area contributed by atoms with E-state index in [0.29, 0.717) is 16.7 Å². The number of carbonyl (C=O) groups excluding carboxylic acids is 2. The van der Waals surface area contributed by atoms with E-state index >= 15 is 0 Å². The number of allylic oxidation sites excluding steroid dienone is 4. The predicted molar refractivity (Wildman–Crippen MR) is 105 cm³/mol. The molecule has 30 heavy (non-hydrogen) atoms. The number of Topliss-reactive ketones (excluding diaryl/α,β-unsaturated/α-hetero) is 1. The number of ether oxygens (including phenoxy) is 2. The third-order valence-corrected chi connectivity index (χ3v) is 5.43. The third kappa shape index (κ3) is 5.23. The van der Waals surface area contributed by atoms with E-state index in [-0.39, 0.29) is 12.2 Å². The first-order valence-electron chi connectivity index (χ1n) is 9.68. The predicted octanol–water partition coefficient (Wildman–Crippen LogP) is -0.492. The normalized spacial score (nSPS) is 35.1. The molecule has 5 N–H and O–H groups in total. The van der Waals surface area contributed by atoms with Gasteiger partial charge in [-0.3, -0.25) is 4.79 Å². The van der Waals surface area contributed by atoms with Crippen molar-refractivity contribution in [3.8, 4) is 0 Å². The van der Waals surface area contributed by atoms with Crippen molar-refractivity contribution in [2.45, 2.75) is 70.9 Å². The molecule has 1 aliphatic carbocycles. The second-order valence-electron chi connectivity index (χ2n) is 8.44. The van der Waals surface area contributed by atoms with Crippen molar-refractivity contribution in [3.05, 3.63) is 34.9 Å². The molecule has 9 nitrogen and oxygen atoms in total. The van der Waals surface area contributed by atoms with Crippen LogP contribution in [0, 0.1) is 5.41 Å². The van der Waals surface area contributed by atoms with Crippen LogP contribution in [0.4, 0.5) is 0 Å². The molecule has 0 spiro atoms. The van der Waals surface area contributed by atoms with Crippen LogP contribution < -0.4 is 0 Å². The van der Waals surface area contributed by atoms with Crippen LogP contribution in [0.2, 0.25) is 0 Å². The highest BCUT2D eigenvalue weighted by Gasteiger charge is 2.45. The lowest BCUT2D eigenvalue weighted by Crippen LogP contribution is -2.59. The molecule has 0 bridgehead atoms. The molecule has 2 rings (SSSR count). The number of carbonyl (C=O) groups is 2. The third-order valence-electron chi connectivity index (χ3n) is 5.43. The van der Waals surface area contributed by atoms with Gasteiger partial charge in [0.1, 0.15) is 24.4 Å². The Bertz CT molecular complexity index is 762. The number of hydrogen-bond acceptors (Lipinski definition) is 9. The molecule has 0 unspecified atom stereocenters. The molecule has 0 aromatic rings. The van der Waals surface area contributed by atoms with E-state index in [9.17, 15) is 30.0 Å². The molecule has 1 fully saturated rings. The maximum atomic E-state index is 12.4. The molecule has 0 amide bonds. The Labute approximate surface area is 174 Å². The van der Waals surface area contributed by atoms with Gasteiger partial charge in [-0.15, -0.1) is 0 Å². The smallest absolute Gasteiger partial charge is 0.333 e. The molecule has 2 aliphatic rings. The standard InChI is InChI=1S/C21H30O9/c1-10(5-6-12-11(2)19(28)21(3,4)8-13(12)23)7-15(24)30-20-18(27)17(26)16(25)14(9-22)29-20/h5-7,14,16-20,22,25-28H,8-9H2,1-4H3/b6-5+,10-7-/t14-,16-,17+,18-,19-,20+/m1/s1. The van der Waals surface area contributed by atoms with E-state index in [1.54, 1.807) is 13.8 Å². The highest BCUT2D eigenvalue weighted by atomic mass is 16.7. The minimum absolute atomic E-state index is 0.101. The molecule has 0 aromatic carbocycles. The van der Waals surface area contributed by atoms with Gasteiger partial charge in [0.2, 0.25) is 6.29 Å². The summed E-state index contributed by atoms with van der Waals surface area (Å²) in [5.74, 6) is -0.987. The number of aliphatic hydroxyl groups excluding tert-OH is 5. The molecule has 0 saturated carbocycles. The zero-order valence-corrected chi connectivity index (χ0v) is 17.5. The van der Waals surface area contributed by atoms with Crippen LogP contribution in [0.3, 0.4) is 0 Å². The maximum Gasteiger partial charge on any atom is 0.333 e. The Morgan fingerprint density at radius 2 is 1.83 bits per heavy atom. The summed E-state index contributed by atoms with van der Waals surface area (Å²) >= 11 is 0. The van der Waals surface area contributed by atoms with Gasteiger partial charge in [0.25, 0.3) is 0 Å². The van der Waals surface area contributed by atoms with Gasteiger partial charge in [0.05, 0.1) is 12.7 Å². The van der Waals surface area contributed by atoms with Gasteiger partial charge in [-0.05, 0) is 25.0 Å². The topological polar surface area (TPSA) is 154 Å². The summed E-state index contributed by atoms with van der Waals surface area (Å²) in [6, 6.07) is 0. The van der Waals surface area contributed by atoms with Crippen molar-refractivity contribution in [2.24, 2.45) is 5.41 Å². The van der Waals surface area contributed by atoms with Gasteiger partial charge in [0, 0.05) is 23.5 Å². The van der Waals surface area contributed by atoms with E-state index in [4.69, 9.17) is 14.6 Å². The Morgan fingerprint density at radius 3 is 2.43 bits per heavy atom. The van der Waals surface area contributed by atoms with Crippen molar-refractivity contribution >= 4 is 11.8 Å². The van der Waals surface area contributed by atoms with Gasteiger partial charge < -0.3 is 35.0 Å². The summed E-state index contributed by atoms with van der Waals surface area (Å²) in [5, 5.41) is 48.9. The van der Waals surface area contributed by atoms with Crippen molar-refractivity contribution in [1.29, 1.82) is 0 Å². The highest BCUT2D eigenvalue weighted by molar-refractivity contribution is 6.00. The Kier molecular flexibility index (Phi) is 7.73. The van der Waals surface area contributed by atoms with Crippen molar-refractivity contribution < 1.29 is 44.6 Å². The summed E-state index contributed by atoms with van der Waals surface area (Å²) in [6.45, 7) is 6.28. The number of hydrogen-bond donors (Lipinski definition) is 5. The molecule has 9 heteroatoms.